The number of rotatable bonds is 1. The lowest BCUT2D eigenvalue weighted by Crippen LogP contribution is -1.85. The van der Waals surface area contributed by atoms with Gasteiger partial charge in [0, 0.05) is 16.6 Å². The van der Waals surface area contributed by atoms with E-state index < -0.39 is 11.1 Å². The molecule has 0 aliphatic carbocycles. The Morgan fingerprint density at radius 3 is 2.06 bits per heavy atom. The van der Waals surface area contributed by atoms with E-state index in [1.807, 2.05) is 0 Å². The predicted octanol–water partition coefficient (Wildman–Crippen LogP) is 1.90. The molecule has 0 amide bonds. The van der Waals surface area contributed by atoms with Gasteiger partial charge in [-0.15, -0.1) is 0 Å². The number of hydrogen-bond donors (Lipinski definition) is 2. The third kappa shape index (κ3) is 5.14. The van der Waals surface area contributed by atoms with E-state index in [0.29, 0.717) is 10.6 Å². The summed E-state index contributed by atoms with van der Waals surface area (Å²) in [6, 6.07) is 14.7. The van der Waals surface area contributed by atoms with Crippen molar-refractivity contribution in [3.63, 3.8) is 0 Å². The van der Waals surface area contributed by atoms with Crippen molar-refractivity contribution in [1.82, 2.24) is 0 Å². The second-order valence-electron chi connectivity index (χ2n) is 3.14. The van der Waals surface area contributed by atoms with Gasteiger partial charge < -0.3 is 15.4 Å². The normalized spacial score (nSPS) is 11.1. The zero-order valence-electron chi connectivity index (χ0n) is 8.95. The molecule has 5 heteroatoms. The van der Waals surface area contributed by atoms with Crippen molar-refractivity contribution >= 4 is 16.8 Å². The number of phenolic OH excluding ortho intramolecular Hbond substituents is 1. The van der Waals surface area contributed by atoms with E-state index in [1.54, 1.807) is 48.5 Å². The van der Waals surface area contributed by atoms with Gasteiger partial charge in [0.1, 0.15) is 5.75 Å². The Bertz CT molecular complexity index is 471. The third-order valence-electron chi connectivity index (χ3n) is 1.81. The molecule has 1 atom stereocenters. The highest BCUT2D eigenvalue weighted by Gasteiger charge is 1.85. The van der Waals surface area contributed by atoms with Gasteiger partial charge in [-0.05, 0) is 35.3 Å². The summed E-state index contributed by atoms with van der Waals surface area (Å²) in [7, 11) is 0. The number of hydrogen-bond acceptors (Lipinski definition) is 4. The summed E-state index contributed by atoms with van der Waals surface area (Å²) >= 11 is -2.08. The van der Waals surface area contributed by atoms with Crippen LogP contribution in [-0.2, 0) is 11.1 Å². The number of benzene rings is 2. The minimum Gasteiger partial charge on any atom is -0.768 e. The van der Waals surface area contributed by atoms with E-state index in [9.17, 15) is 8.76 Å². The lowest BCUT2D eigenvalue weighted by atomic mass is 10.3. The van der Waals surface area contributed by atoms with Crippen LogP contribution >= 0.6 is 0 Å². The maximum absolute atomic E-state index is 10.2. The molecular formula is C12H12NO3S-. The number of nitrogen functional groups attached to an aromatic ring is 1. The average molecular weight is 250 g/mol. The van der Waals surface area contributed by atoms with E-state index in [2.05, 4.69) is 0 Å². The van der Waals surface area contributed by atoms with Gasteiger partial charge in [-0.2, -0.15) is 0 Å². The van der Waals surface area contributed by atoms with Gasteiger partial charge in [-0.1, -0.05) is 24.3 Å². The van der Waals surface area contributed by atoms with Crippen LogP contribution in [-0.4, -0.2) is 13.9 Å². The highest BCUT2D eigenvalue weighted by molar-refractivity contribution is 7.79. The second kappa shape index (κ2) is 6.67. The first-order valence-electron chi connectivity index (χ1n) is 4.78. The van der Waals surface area contributed by atoms with Gasteiger partial charge >= 0.3 is 0 Å². The third-order valence-corrected chi connectivity index (χ3v) is 2.46. The van der Waals surface area contributed by atoms with Crippen LogP contribution in [0, 0.1) is 0 Å². The minimum absolute atomic E-state index is 0.213. The summed E-state index contributed by atoms with van der Waals surface area (Å²) < 4.78 is 20.4. The molecule has 2 rings (SSSR count). The van der Waals surface area contributed by atoms with Crippen LogP contribution < -0.4 is 5.73 Å². The van der Waals surface area contributed by atoms with Crippen LogP contribution in [0.15, 0.2) is 59.5 Å². The van der Waals surface area contributed by atoms with Gasteiger partial charge in [0.2, 0.25) is 0 Å². The number of phenols is 1. The first-order chi connectivity index (χ1) is 8.09. The molecule has 0 aliphatic heterocycles. The molecule has 3 N–H and O–H groups in total. The molecule has 0 saturated carbocycles. The van der Waals surface area contributed by atoms with Crippen LogP contribution in [0.25, 0.3) is 0 Å². The molecule has 2 aromatic rings. The fourth-order valence-corrected chi connectivity index (χ4v) is 1.44. The largest absolute Gasteiger partial charge is 0.768 e. The summed E-state index contributed by atoms with van der Waals surface area (Å²) in [4.78, 5) is 0.331. The molecule has 4 nitrogen and oxygen atoms in total. The van der Waals surface area contributed by atoms with Gasteiger partial charge in [0.25, 0.3) is 0 Å². The Morgan fingerprint density at radius 1 is 1.06 bits per heavy atom. The maximum Gasteiger partial charge on any atom is 0.117 e. The molecule has 0 saturated heterocycles. The maximum atomic E-state index is 10.2. The summed E-state index contributed by atoms with van der Waals surface area (Å²) in [5, 5.41) is 8.73. The number of nitrogens with two attached hydrogens (primary N) is 1. The van der Waals surface area contributed by atoms with Crippen LogP contribution in [0.4, 0.5) is 5.69 Å². The van der Waals surface area contributed by atoms with Crippen molar-refractivity contribution < 1.29 is 13.9 Å². The predicted molar refractivity (Wildman–Crippen MR) is 66.1 cm³/mol. The van der Waals surface area contributed by atoms with Crippen molar-refractivity contribution in [3.8, 4) is 5.75 Å². The van der Waals surface area contributed by atoms with E-state index in [0.717, 1.165) is 0 Å². The molecule has 0 aromatic heterocycles. The fraction of sp³-hybridized carbons (Fsp3) is 0. The van der Waals surface area contributed by atoms with Gasteiger partial charge in [0.05, 0.1) is 0 Å². The molecule has 0 bridgehead atoms. The number of anilines is 1. The molecule has 17 heavy (non-hydrogen) atoms. The van der Waals surface area contributed by atoms with Crippen LogP contribution in [0.2, 0.25) is 0 Å². The van der Waals surface area contributed by atoms with E-state index in [4.69, 9.17) is 10.8 Å². The SMILES string of the molecule is Nc1cccc(O)c1.O=S([O-])c1ccccc1. The lowest BCUT2D eigenvalue weighted by molar-refractivity contribution is 0.475. The second-order valence-corrected chi connectivity index (χ2v) is 4.08. The molecule has 90 valence electrons. The first-order valence-corrected chi connectivity index (χ1v) is 5.86. The standard InChI is InChI=1S/C6H7NO.C6H6O2S/c7-5-2-1-3-6(8)4-5;7-9(8)6-4-2-1-3-5-6/h1-4,8H,7H2;1-5H,(H,7,8)/p-1. The molecule has 0 radical (unpaired) electrons. The van der Waals surface area contributed by atoms with E-state index in [1.165, 1.54) is 6.07 Å². The topological polar surface area (TPSA) is 86.4 Å². The first kappa shape index (κ1) is 13.2. The molecule has 2 aromatic carbocycles. The molecule has 0 aliphatic rings. The molecular weight excluding hydrogens is 238 g/mol. The lowest BCUT2D eigenvalue weighted by Gasteiger charge is -2.01. The zero-order valence-corrected chi connectivity index (χ0v) is 9.76. The molecule has 0 heterocycles. The minimum atomic E-state index is -2.08. The van der Waals surface area contributed by atoms with Crippen molar-refractivity contribution in [2.45, 2.75) is 4.90 Å². The van der Waals surface area contributed by atoms with Gasteiger partial charge in [-0.25, -0.2) is 0 Å². The highest BCUT2D eigenvalue weighted by Crippen LogP contribution is 2.10. The van der Waals surface area contributed by atoms with Crippen molar-refractivity contribution in [1.29, 1.82) is 0 Å². The Balaban J connectivity index is 0.000000171. The Kier molecular flexibility index (Phi) is 5.19. The van der Waals surface area contributed by atoms with Crippen molar-refractivity contribution in [2.24, 2.45) is 0 Å². The van der Waals surface area contributed by atoms with Crippen LogP contribution in [0.5, 0.6) is 5.75 Å². The smallest absolute Gasteiger partial charge is 0.117 e. The Labute approximate surface area is 102 Å². The summed E-state index contributed by atoms with van der Waals surface area (Å²) in [5.74, 6) is 0.213. The zero-order chi connectivity index (χ0) is 12.7. The molecule has 0 spiro atoms. The quantitative estimate of drug-likeness (QED) is 0.597. The Hall–Kier alpha value is -1.85. The summed E-state index contributed by atoms with van der Waals surface area (Å²) in [5.41, 5.74) is 5.89. The monoisotopic (exact) mass is 250 g/mol. The van der Waals surface area contributed by atoms with Crippen LogP contribution in [0.3, 0.4) is 0 Å². The summed E-state index contributed by atoms with van der Waals surface area (Å²) in [6.45, 7) is 0. The number of aromatic hydroxyl groups is 1. The van der Waals surface area contributed by atoms with Crippen LogP contribution in [0.1, 0.15) is 0 Å². The Morgan fingerprint density at radius 2 is 1.71 bits per heavy atom. The summed E-state index contributed by atoms with van der Waals surface area (Å²) in [6.07, 6.45) is 0. The average Bonchev–Trinajstić information content (AvgIpc) is 2.30. The van der Waals surface area contributed by atoms with E-state index >= 15 is 0 Å². The highest BCUT2D eigenvalue weighted by atomic mass is 32.2. The van der Waals surface area contributed by atoms with Gasteiger partial charge in [0.15, 0.2) is 0 Å². The van der Waals surface area contributed by atoms with Crippen molar-refractivity contribution in [2.75, 3.05) is 5.73 Å². The van der Waals surface area contributed by atoms with E-state index in [-0.39, 0.29) is 5.75 Å². The van der Waals surface area contributed by atoms with Gasteiger partial charge in [-0.3, -0.25) is 4.21 Å². The fourth-order valence-electron chi connectivity index (χ4n) is 1.06. The van der Waals surface area contributed by atoms with Crippen molar-refractivity contribution in [3.05, 3.63) is 54.6 Å². The molecule has 0 fully saturated rings. The molecule has 1 unspecified atom stereocenters.